The fourth-order valence-electron chi connectivity index (χ4n) is 2.72. The molecule has 21 heavy (non-hydrogen) atoms. The minimum absolute atomic E-state index is 0.0953. The van der Waals surface area contributed by atoms with Gasteiger partial charge in [0.05, 0.1) is 0 Å². The largest absolute Gasteiger partial charge is 0.382 e. The highest BCUT2D eigenvalue weighted by atomic mass is 32.1. The monoisotopic (exact) mass is 309 g/mol. The molecule has 6 nitrogen and oxygen atoms in total. The first-order valence-corrected chi connectivity index (χ1v) is 8.43. The van der Waals surface area contributed by atoms with Crippen LogP contribution in [0.4, 0.5) is 10.9 Å². The van der Waals surface area contributed by atoms with Gasteiger partial charge < -0.3 is 21.3 Å². The summed E-state index contributed by atoms with van der Waals surface area (Å²) in [5, 5.41) is 7.05. The van der Waals surface area contributed by atoms with Crippen molar-refractivity contribution < 1.29 is 4.79 Å². The number of carbonyl (C=O) groups is 1. The minimum atomic E-state index is -0.0953. The number of aromatic nitrogens is 1. The number of amides is 1. The Morgan fingerprint density at radius 2 is 2.29 bits per heavy atom. The third kappa shape index (κ3) is 3.85. The Hall–Kier alpha value is -1.34. The summed E-state index contributed by atoms with van der Waals surface area (Å²) in [6.45, 7) is 2.92. The van der Waals surface area contributed by atoms with Gasteiger partial charge >= 0.3 is 0 Å². The van der Waals surface area contributed by atoms with Crippen molar-refractivity contribution in [1.29, 1.82) is 0 Å². The van der Waals surface area contributed by atoms with Gasteiger partial charge in [0.2, 0.25) is 0 Å². The number of anilines is 2. The van der Waals surface area contributed by atoms with Crippen LogP contribution >= 0.6 is 11.3 Å². The fourth-order valence-corrected chi connectivity index (χ4v) is 3.59. The summed E-state index contributed by atoms with van der Waals surface area (Å²) >= 11 is 1.35. The molecule has 0 bridgehead atoms. The maximum atomic E-state index is 12.2. The summed E-state index contributed by atoms with van der Waals surface area (Å²) in [7, 11) is 2.13. The van der Waals surface area contributed by atoms with Gasteiger partial charge in [-0.05, 0) is 45.2 Å². The normalized spacial score (nSPS) is 23.0. The number of piperidine rings is 1. The van der Waals surface area contributed by atoms with E-state index in [4.69, 9.17) is 5.73 Å². The van der Waals surface area contributed by atoms with E-state index in [1.54, 1.807) is 0 Å². The Labute approximate surface area is 129 Å². The van der Waals surface area contributed by atoms with Crippen LogP contribution in [-0.4, -0.2) is 48.5 Å². The predicted molar refractivity (Wildman–Crippen MR) is 85.7 cm³/mol. The first-order chi connectivity index (χ1) is 10.1. The van der Waals surface area contributed by atoms with Crippen LogP contribution < -0.4 is 16.4 Å². The molecule has 0 radical (unpaired) electrons. The highest BCUT2D eigenvalue weighted by Gasteiger charge is 2.24. The number of nitrogens with two attached hydrogens (primary N) is 1. The number of hydrogen-bond donors (Lipinski definition) is 3. The molecule has 116 valence electrons. The van der Waals surface area contributed by atoms with E-state index in [0.717, 1.165) is 18.2 Å². The van der Waals surface area contributed by atoms with Gasteiger partial charge in [0, 0.05) is 19.1 Å². The van der Waals surface area contributed by atoms with Crippen LogP contribution in [0, 0.1) is 5.92 Å². The molecule has 4 N–H and O–H groups in total. The van der Waals surface area contributed by atoms with E-state index >= 15 is 0 Å². The molecule has 1 atom stereocenters. The van der Waals surface area contributed by atoms with Crippen LogP contribution in [0.5, 0.6) is 0 Å². The number of nitrogens with one attached hydrogen (secondary N) is 2. The van der Waals surface area contributed by atoms with Crippen molar-refractivity contribution in [3.05, 3.63) is 4.88 Å². The Morgan fingerprint density at radius 1 is 1.48 bits per heavy atom. The lowest BCUT2D eigenvalue weighted by Crippen LogP contribution is -2.39. The third-order valence-corrected chi connectivity index (χ3v) is 5.04. The average molecular weight is 309 g/mol. The lowest BCUT2D eigenvalue weighted by Gasteiger charge is -2.29. The van der Waals surface area contributed by atoms with Crippen molar-refractivity contribution in [2.24, 2.45) is 5.92 Å². The molecule has 3 rings (SSSR count). The fraction of sp³-hybridized carbons (Fsp3) is 0.714. The highest BCUT2D eigenvalue weighted by Crippen LogP contribution is 2.30. The van der Waals surface area contributed by atoms with Crippen LogP contribution in [0.2, 0.25) is 0 Å². The maximum absolute atomic E-state index is 12.2. The number of hydrogen-bond acceptors (Lipinski definition) is 6. The Bertz CT molecular complexity index is 513. The van der Waals surface area contributed by atoms with E-state index in [0.29, 0.717) is 29.2 Å². The van der Waals surface area contributed by atoms with Crippen molar-refractivity contribution in [3.8, 4) is 0 Å². The molecule has 1 aromatic rings. The van der Waals surface area contributed by atoms with Gasteiger partial charge in [-0.25, -0.2) is 4.98 Å². The predicted octanol–water partition coefficient (Wildman–Crippen LogP) is 1.37. The molecule has 1 unspecified atom stereocenters. The van der Waals surface area contributed by atoms with Crippen LogP contribution in [0.25, 0.3) is 0 Å². The van der Waals surface area contributed by atoms with Crippen LogP contribution in [0.15, 0.2) is 0 Å². The molecule has 2 heterocycles. The lowest BCUT2D eigenvalue weighted by molar-refractivity contribution is 0.0941. The van der Waals surface area contributed by atoms with Crippen molar-refractivity contribution >= 4 is 28.2 Å². The van der Waals surface area contributed by atoms with Gasteiger partial charge in [0.25, 0.3) is 5.91 Å². The van der Waals surface area contributed by atoms with E-state index in [1.807, 2.05) is 0 Å². The number of thiazole rings is 1. The number of rotatable bonds is 5. The van der Waals surface area contributed by atoms with Gasteiger partial charge in [-0.1, -0.05) is 11.3 Å². The van der Waals surface area contributed by atoms with Gasteiger partial charge in [-0.2, -0.15) is 0 Å². The maximum Gasteiger partial charge on any atom is 0.265 e. The molecular formula is C14H23N5OS. The Balaban J connectivity index is 1.53. The summed E-state index contributed by atoms with van der Waals surface area (Å²) in [5.74, 6) is 0.773. The SMILES string of the molecule is CN1CCCC(CNC(=O)c2sc(NC3CC3)nc2N)C1. The lowest BCUT2D eigenvalue weighted by atomic mass is 9.98. The molecule has 7 heteroatoms. The topological polar surface area (TPSA) is 83.3 Å². The molecule has 0 aromatic carbocycles. The zero-order chi connectivity index (χ0) is 14.8. The smallest absolute Gasteiger partial charge is 0.265 e. The molecule has 1 aliphatic carbocycles. The molecule has 1 saturated carbocycles. The minimum Gasteiger partial charge on any atom is -0.382 e. The zero-order valence-corrected chi connectivity index (χ0v) is 13.2. The van der Waals surface area contributed by atoms with Gasteiger partial charge in [0.15, 0.2) is 5.13 Å². The number of nitrogen functional groups attached to an aromatic ring is 1. The molecular weight excluding hydrogens is 286 g/mol. The van der Waals surface area contributed by atoms with Gasteiger partial charge in [-0.15, -0.1) is 0 Å². The number of nitrogens with zero attached hydrogens (tertiary/aromatic N) is 2. The average Bonchev–Trinajstić information content (AvgIpc) is 3.18. The second kappa shape index (κ2) is 6.19. The quantitative estimate of drug-likeness (QED) is 0.765. The second-order valence-corrected chi connectivity index (χ2v) is 7.13. The standard InChI is InChI=1S/C14H23N5OS/c1-19-6-2-3-9(8-19)7-16-13(20)11-12(15)18-14(21-11)17-10-4-5-10/h9-10H,2-8,15H2,1H3,(H,16,20)(H,17,18). The van der Waals surface area contributed by atoms with Crippen LogP contribution in [-0.2, 0) is 0 Å². The number of likely N-dealkylation sites (tertiary alicyclic amines) is 1. The first kappa shape index (κ1) is 14.6. The van der Waals surface area contributed by atoms with E-state index in [9.17, 15) is 4.79 Å². The second-order valence-electron chi connectivity index (χ2n) is 6.13. The van der Waals surface area contributed by atoms with Crippen molar-refractivity contribution in [2.45, 2.75) is 31.7 Å². The van der Waals surface area contributed by atoms with E-state index < -0.39 is 0 Å². The molecule has 1 aromatic heterocycles. The van der Waals surface area contributed by atoms with Crippen LogP contribution in [0.1, 0.15) is 35.4 Å². The first-order valence-electron chi connectivity index (χ1n) is 7.61. The summed E-state index contributed by atoms with van der Waals surface area (Å²) in [6, 6.07) is 0.518. The molecule has 2 aliphatic rings. The molecule has 1 aliphatic heterocycles. The summed E-state index contributed by atoms with van der Waals surface area (Å²) in [5.41, 5.74) is 5.86. The zero-order valence-electron chi connectivity index (χ0n) is 12.4. The van der Waals surface area contributed by atoms with E-state index in [-0.39, 0.29) is 5.91 Å². The molecule has 1 amide bonds. The molecule has 0 spiro atoms. The molecule has 1 saturated heterocycles. The highest BCUT2D eigenvalue weighted by molar-refractivity contribution is 7.18. The molecule has 2 fully saturated rings. The Morgan fingerprint density at radius 3 is 3.00 bits per heavy atom. The summed E-state index contributed by atoms with van der Waals surface area (Å²) in [6.07, 6.45) is 4.74. The van der Waals surface area contributed by atoms with Crippen molar-refractivity contribution in [3.63, 3.8) is 0 Å². The van der Waals surface area contributed by atoms with Crippen LogP contribution in [0.3, 0.4) is 0 Å². The van der Waals surface area contributed by atoms with Crippen molar-refractivity contribution in [2.75, 3.05) is 37.7 Å². The summed E-state index contributed by atoms with van der Waals surface area (Å²) in [4.78, 5) is 19.3. The Kier molecular flexibility index (Phi) is 4.30. The van der Waals surface area contributed by atoms with E-state index in [2.05, 4.69) is 27.6 Å². The van der Waals surface area contributed by atoms with Crippen molar-refractivity contribution in [1.82, 2.24) is 15.2 Å². The summed E-state index contributed by atoms with van der Waals surface area (Å²) < 4.78 is 0. The van der Waals surface area contributed by atoms with Gasteiger partial charge in [0.1, 0.15) is 10.7 Å². The van der Waals surface area contributed by atoms with E-state index in [1.165, 1.54) is 37.0 Å². The van der Waals surface area contributed by atoms with Gasteiger partial charge in [-0.3, -0.25) is 4.79 Å². The third-order valence-electron chi connectivity index (χ3n) is 4.04. The number of carbonyl (C=O) groups excluding carboxylic acids is 1.